The smallest absolute Gasteiger partial charge is 0.255 e. The third-order valence-corrected chi connectivity index (χ3v) is 4.76. The average molecular weight is 345 g/mol. The predicted molar refractivity (Wildman–Crippen MR) is 91.0 cm³/mol. The van der Waals surface area contributed by atoms with Crippen molar-refractivity contribution in [3.05, 3.63) is 29.8 Å². The lowest BCUT2D eigenvalue weighted by Gasteiger charge is -2.36. The molecule has 2 aliphatic rings. The molecule has 2 fully saturated rings. The van der Waals surface area contributed by atoms with Gasteiger partial charge in [0.2, 0.25) is 5.91 Å². The summed E-state index contributed by atoms with van der Waals surface area (Å²) in [5.41, 5.74) is 5.59. The number of nitrogens with two attached hydrogens (primary N) is 1. The van der Waals surface area contributed by atoms with Crippen LogP contribution in [0.2, 0.25) is 0 Å². The van der Waals surface area contributed by atoms with Crippen LogP contribution in [0.1, 0.15) is 36.0 Å². The van der Waals surface area contributed by atoms with E-state index in [0.29, 0.717) is 30.8 Å². The van der Waals surface area contributed by atoms with Gasteiger partial charge >= 0.3 is 0 Å². The molecule has 0 unspecified atom stereocenters. The van der Waals surface area contributed by atoms with Crippen LogP contribution in [0.3, 0.4) is 0 Å². The number of hydrogen-bond acceptors (Lipinski definition) is 4. The van der Waals surface area contributed by atoms with E-state index in [9.17, 15) is 14.4 Å². The third kappa shape index (κ3) is 4.10. The number of amides is 3. The molecule has 25 heavy (non-hydrogen) atoms. The second kappa shape index (κ2) is 7.55. The van der Waals surface area contributed by atoms with Gasteiger partial charge in [0.05, 0.1) is 0 Å². The van der Waals surface area contributed by atoms with Crippen molar-refractivity contribution in [1.82, 2.24) is 9.80 Å². The molecule has 0 aromatic heterocycles. The Morgan fingerprint density at radius 2 is 1.96 bits per heavy atom. The molecule has 0 radical (unpaired) electrons. The molecule has 0 spiro atoms. The number of benzene rings is 1. The maximum Gasteiger partial charge on any atom is 0.255 e. The summed E-state index contributed by atoms with van der Waals surface area (Å²) in [5.74, 6) is 0.0669. The summed E-state index contributed by atoms with van der Waals surface area (Å²) in [6.07, 6.45) is 3.22. The van der Waals surface area contributed by atoms with Crippen molar-refractivity contribution >= 4 is 17.7 Å². The van der Waals surface area contributed by atoms with E-state index in [4.69, 9.17) is 10.5 Å². The normalized spacial score (nSPS) is 18.5. The van der Waals surface area contributed by atoms with E-state index in [2.05, 4.69) is 0 Å². The quantitative estimate of drug-likeness (QED) is 0.853. The minimum absolute atomic E-state index is 0.0595. The van der Waals surface area contributed by atoms with E-state index >= 15 is 0 Å². The molecule has 1 aromatic rings. The van der Waals surface area contributed by atoms with Crippen LogP contribution in [0, 0.1) is 0 Å². The highest BCUT2D eigenvalue weighted by Crippen LogP contribution is 2.23. The summed E-state index contributed by atoms with van der Waals surface area (Å²) in [5, 5.41) is 0. The number of primary amides is 1. The lowest BCUT2D eigenvalue weighted by molar-refractivity contribution is -0.130. The van der Waals surface area contributed by atoms with Gasteiger partial charge in [-0.2, -0.15) is 0 Å². The van der Waals surface area contributed by atoms with Crippen molar-refractivity contribution in [2.45, 2.75) is 31.7 Å². The Balaban J connectivity index is 1.58. The van der Waals surface area contributed by atoms with Gasteiger partial charge in [0.15, 0.2) is 6.61 Å². The molecule has 7 nitrogen and oxygen atoms in total. The lowest BCUT2D eigenvalue weighted by atomic mass is 10.0. The predicted octanol–water partition coefficient (Wildman–Crippen LogP) is 0.778. The van der Waals surface area contributed by atoms with Crippen LogP contribution in [0.4, 0.5) is 0 Å². The third-order valence-electron chi connectivity index (χ3n) is 4.76. The molecule has 3 amide bonds. The molecule has 2 N–H and O–H groups in total. The maximum absolute atomic E-state index is 12.7. The SMILES string of the molecule is NC(=O)COc1cccc(C(=O)N2CCC(N3CCCC3=O)CC2)c1. The summed E-state index contributed by atoms with van der Waals surface area (Å²) in [7, 11) is 0. The number of rotatable bonds is 5. The molecular weight excluding hydrogens is 322 g/mol. The zero-order valence-electron chi connectivity index (χ0n) is 14.1. The van der Waals surface area contributed by atoms with Crippen LogP contribution in [-0.2, 0) is 9.59 Å². The van der Waals surface area contributed by atoms with Crippen LogP contribution in [0.25, 0.3) is 0 Å². The summed E-state index contributed by atoms with van der Waals surface area (Å²) in [6.45, 7) is 1.91. The van der Waals surface area contributed by atoms with Gasteiger partial charge in [-0.3, -0.25) is 14.4 Å². The summed E-state index contributed by atoms with van der Waals surface area (Å²) in [6, 6.07) is 7.02. The Labute approximate surface area is 146 Å². The number of ether oxygens (including phenoxy) is 1. The first kappa shape index (κ1) is 17.3. The summed E-state index contributed by atoms with van der Waals surface area (Å²) >= 11 is 0. The standard InChI is InChI=1S/C18H23N3O4/c19-16(22)12-25-15-4-1-3-13(11-15)18(24)20-9-6-14(7-10-20)21-8-2-5-17(21)23/h1,3-4,11,14H,2,5-10,12H2,(H2,19,22). The van der Waals surface area contributed by atoms with Crippen LogP contribution in [0.15, 0.2) is 24.3 Å². The molecule has 134 valence electrons. The van der Waals surface area contributed by atoms with Crippen LogP contribution >= 0.6 is 0 Å². The summed E-state index contributed by atoms with van der Waals surface area (Å²) < 4.78 is 5.25. The number of hydrogen-bond donors (Lipinski definition) is 1. The minimum atomic E-state index is -0.560. The molecule has 0 saturated carbocycles. The first-order valence-corrected chi connectivity index (χ1v) is 8.64. The molecule has 2 aliphatic heterocycles. The van der Waals surface area contributed by atoms with Crippen LogP contribution in [-0.4, -0.2) is 59.8 Å². The van der Waals surface area contributed by atoms with Crippen molar-refractivity contribution in [3.8, 4) is 5.75 Å². The van der Waals surface area contributed by atoms with Crippen molar-refractivity contribution in [1.29, 1.82) is 0 Å². The molecular formula is C18H23N3O4. The highest BCUT2D eigenvalue weighted by molar-refractivity contribution is 5.94. The van der Waals surface area contributed by atoms with E-state index in [-0.39, 0.29) is 24.5 Å². The number of likely N-dealkylation sites (tertiary alicyclic amines) is 2. The van der Waals surface area contributed by atoms with Gasteiger partial charge in [0.25, 0.3) is 11.8 Å². The monoisotopic (exact) mass is 345 g/mol. The number of carbonyl (C=O) groups is 3. The average Bonchev–Trinajstić information content (AvgIpc) is 3.06. The van der Waals surface area contributed by atoms with Crippen molar-refractivity contribution in [2.75, 3.05) is 26.2 Å². The fraction of sp³-hybridized carbons (Fsp3) is 0.500. The molecule has 3 rings (SSSR count). The van der Waals surface area contributed by atoms with E-state index in [1.165, 1.54) is 0 Å². The van der Waals surface area contributed by atoms with Gasteiger partial charge in [-0.1, -0.05) is 6.07 Å². The van der Waals surface area contributed by atoms with E-state index in [1.54, 1.807) is 24.3 Å². The molecule has 0 aliphatic carbocycles. The fourth-order valence-corrected chi connectivity index (χ4v) is 3.49. The number of carbonyl (C=O) groups excluding carboxylic acids is 3. The van der Waals surface area contributed by atoms with Crippen molar-refractivity contribution in [2.24, 2.45) is 5.73 Å². The fourth-order valence-electron chi connectivity index (χ4n) is 3.49. The minimum Gasteiger partial charge on any atom is -0.484 e. The van der Waals surface area contributed by atoms with Gasteiger partial charge < -0.3 is 20.3 Å². The molecule has 7 heteroatoms. The molecule has 0 bridgehead atoms. The highest BCUT2D eigenvalue weighted by Gasteiger charge is 2.32. The zero-order valence-corrected chi connectivity index (χ0v) is 14.1. The van der Waals surface area contributed by atoms with Crippen molar-refractivity contribution in [3.63, 3.8) is 0 Å². The van der Waals surface area contributed by atoms with Gasteiger partial charge in [-0.15, -0.1) is 0 Å². The topological polar surface area (TPSA) is 92.9 Å². The Morgan fingerprint density at radius 3 is 2.60 bits per heavy atom. The lowest BCUT2D eigenvalue weighted by Crippen LogP contribution is -2.47. The zero-order chi connectivity index (χ0) is 17.8. The molecule has 0 atom stereocenters. The van der Waals surface area contributed by atoms with Crippen LogP contribution in [0.5, 0.6) is 5.75 Å². The Hall–Kier alpha value is -2.57. The van der Waals surface area contributed by atoms with E-state index in [1.807, 2.05) is 9.80 Å². The molecule has 2 saturated heterocycles. The Bertz CT molecular complexity index is 668. The molecule has 2 heterocycles. The number of piperidine rings is 1. The van der Waals surface area contributed by atoms with E-state index < -0.39 is 5.91 Å². The summed E-state index contributed by atoms with van der Waals surface area (Å²) in [4.78, 5) is 39.1. The largest absolute Gasteiger partial charge is 0.484 e. The van der Waals surface area contributed by atoms with E-state index in [0.717, 1.165) is 25.8 Å². The maximum atomic E-state index is 12.7. The first-order chi connectivity index (χ1) is 12.0. The van der Waals surface area contributed by atoms with Gasteiger partial charge in [-0.05, 0) is 37.5 Å². The first-order valence-electron chi connectivity index (χ1n) is 8.64. The number of nitrogens with zero attached hydrogens (tertiary/aromatic N) is 2. The second-order valence-electron chi connectivity index (χ2n) is 6.50. The Kier molecular flexibility index (Phi) is 5.21. The van der Waals surface area contributed by atoms with Crippen LogP contribution < -0.4 is 10.5 Å². The van der Waals surface area contributed by atoms with Crippen molar-refractivity contribution < 1.29 is 19.1 Å². The molecule has 1 aromatic carbocycles. The van der Waals surface area contributed by atoms with Gasteiger partial charge in [0, 0.05) is 37.7 Å². The second-order valence-corrected chi connectivity index (χ2v) is 6.50. The Morgan fingerprint density at radius 1 is 1.20 bits per heavy atom. The highest BCUT2D eigenvalue weighted by atomic mass is 16.5. The van der Waals surface area contributed by atoms with Gasteiger partial charge in [0.1, 0.15) is 5.75 Å². The van der Waals surface area contributed by atoms with Gasteiger partial charge in [-0.25, -0.2) is 0 Å².